The van der Waals surface area contributed by atoms with E-state index in [9.17, 15) is 9.59 Å². The van der Waals surface area contributed by atoms with Crippen LogP contribution in [-0.2, 0) is 4.79 Å². The van der Waals surface area contributed by atoms with Gasteiger partial charge in [-0.1, -0.05) is 25.0 Å². The predicted molar refractivity (Wildman–Crippen MR) is 163 cm³/mol. The maximum Gasteiger partial charge on any atom is 0.269 e. The van der Waals surface area contributed by atoms with E-state index in [2.05, 4.69) is 30.6 Å². The maximum atomic E-state index is 13.1. The minimum atomic E-state index is -0.524. The Labute approximate surface area is 248 Å². The standard InChI is InChI=1S/C32H33N7O4/c1-20-11-12-21-16-23(29(42-2)18-26(21)37-20)27-19-36-30(38-27)25(9-4-3-5-10-28(40)32-35-14-15-43-32)39-31(41)24(33)17-22-8-6-7-13-34-22/h6-8,11-19,25,33-34H,3-5,9-10H2,1-2H3,(H,36,38)(H,39,41)/b22-17-,33-24?/t25-/m0/s1. The number of aromatic amines is 1. The SMILES string of the molecule is COc1cc2nc(C)ccc2cc1-c1cnc([C@H](CCCCCC(=O)c2ncco2)NC(=O)C(=N)/C=C2/C=CC=CN2)[nH]1. The Morgan fingerprint density at radius 1 is 1.16 bits per heavy atom. The summed E-state index contributed by atoms with van der Waals surface area (Å²) in [6.07, 6.45) is 16.2. The molecule has 4 heterocycles. The summed E-state index contributed by atoms with van der Waals surface area (Å²) in [7, 11) is 1.61. The van der Waals surface area contributed by atoms with Crippen LogP contribution in [0.5, 0.6) is 5.75 Å². The van der Waals surface area contributed by atoms with Gasteiger partial charge in [0, 0.05) is 41.0 Å². The number of hydrogen-bond acceptors (Lipinski definition) is 9. The van der Waals surface area contributed by atoms with Crippen molar-refractivity contribution >= 4 is 28.3 Å². The number of hydrogen-bond donors (Lipinski definition) is 4. The van der Waals surface area contributed by atoms with E-state index in [4.69, 9.17) is 14.6 Å². The zero-order valence-corrected chi connectivity index (χ0v) is 24.0. The largest absolute Gasteiger partial charge is 0.496 e. The smallest absolute Gasteiger partial charge is 0.269 e. The summed E-state index contributed by atoms with van der Waals surface area (Å²) in [5.41, 5.74) is 3.75. The molecular weight excluding hydrogens is 546 g/mol. The number of pyridine rings is 1. The zero-order chi connectivity index (χ0) is 30.2. The highest BCUT2D eigenvalue weighted by molar-refractivity contribution is 6.42. The number of aryl methyl sites for hydroxylation is 1. The van der Waals surface area contributed by atoms with Crippen molar-refractivity contribution in [2.45, 2.75) is 45.1 Å². The van der Waals surface area contributed by atoms with Crippen molar-refractivity contribution in [2.24, 2.45) is 0 Å². The van der Waals surface area contributed by atoms with Crippen LogP contribution < -0.4 is 15.4 Å². The number of nitrogens with one attached hydrogen (secondary N) is 4. The average molecular weight is 580 g/mol. The van der Waals surface area contributed by atoms with Crippen LogP contribution in [0.4, 0.5) is 0 Å². The van der Waals surface area contributed by atoms with E-state index in [1.54, 1.807) is 25.6 Å². The van der Waals surface area contributed by atoms with Crippen LogP contribution in [-0.4, -0.2) is 44.4 Å². The monoisotopic (exact) mass is 579 g/mol. The van der Waals surface area contributed by atoms with Crippen LogP contribution in [0.3, 0.4) is 0 Å². The van der Waals surface area contributed by atoms with Crippen molar-refractivity contribution < 1.29 is 18.7 Å². The Morgan fingerprint density at radius 2 is 2.05 bits per heavy atom. The van der Waals surface area contributed by atoms with Crippen molar-refractivity contribution in [2.75, 3.05) is 7.11 Å². The van der Waals surface area contributed by atoms with Gasteiger partial charge in [0.15, 0.2) is 0 Å². The molecule has 43 heavy (non-hydrogen) atoms. The minimum Gasteiger partial charge on any atom is -0.496 e. The molecule has 3 aromatic heterocycles. The minimum absolute atomic E-state index is 0.119. The van der Waals surface area contributed by atoms with E-state index < -0.39 is 11.9 Å². The second-order valence-corrected chi connectivity index (χ2v) is 10.1. The van der Waals surface area contributed by atoms with E-state index in [0.717, 1.165) is 34.3 Å². The number of methoxy groups -OCH3 is 1. The molecular formula is C32H33N7O4. The van der Waals surface area contributed by atoms with Gasteiger partial charge in [0.25, 0.3) is 11.8 Å². The lowest BCUT2D eigenvalue weighted by Crippen LogP contribution is -2.34. The van der Waals surface area contributed by atoms with Crippen molar-refractivity contribution in [3.05, 3.63) is 96.5 Å². The lowest BCUT2D eigenvalue weighted by molar-refractivity contribution is -0.115. The summed E-state index contributed by atoms with van der Waals surface area (Å²) in [4.78, 5) is 41.8. The molecule has 0 radical (unpaired) electrons. The number of rotatable bonds is 13. The van der Waals surface area contributed by atoms with Gasteiger partial charge in [0.05, 0.1) is 36.8 Å². The Kier molecular flexibility index (Phi) is 9.20. The summed E-state index contributed by atoms with van der Waals surface area (Å²) < 4.78 is 10.8. The number of Topliss-reactive ketones (excluding diaryl/α,β-unsaturated/α-hetero) is 1. The van der Waals surface area contributed by atoms with Crippen LogP contribution in [0.25, 0.3) is 22.2 Å². The molecule has 0 saturated heterocycles. The zero-order valence-electron chi connectivity index (χ0n) is 24.0. The number of aromatic nitrogens is 4. The Hall–Kier alpha value is -5.32. The number of benzene rings is 1. The molecule has 0 fully saturated rings. The fraction of sp³-hybridized carbons (Fsp3) is 0.250. The van der Waals surface area contributed by atoms with Crippen LogP contribution in [0.15, 0.2) is 83.5 Å². The number of H-pyrrole nitrogens is 1. The van der Waals surface area contributed by atoms with Gasteiger partial charge >= 0.3 is 0 Å². The molecule has 0 aliphatic carbocycles. The molecule has 220 valence electrons. The van der Waals surface area contributed by atoms with Crippen LogP contribution >= 0.6 is 0 Å². The van der Waals surface area contributed by atoms with Gasteiger partial charge in [-0.3, -0.25) is 20.0 Å². The number of ketones is 1. The highest BCUT2D eigenvalue weighted by Crippen LogP contribution is 2.33. The molecule has 1 aliphatic rings. The third-order valence-electron chi connectivity index (χ3n) is 7.02. The first-order chi connectivity index (χ1) is 20.9. The molecule has 5 rings (SSSR count). The predicted octanol–water partition coefficient (Wildman–Crippen LogP) is 5.50. The van der Waals surface area contributed by atoms with E-state index >= 15 is 0 Å². The Morgan fingerprint density at radius 3 is 2.81 bits per heavy atom. The molecule has 1 amide bonds. The number of oxazole rings is 1. The van der Waals surface area contributed by atoms with Crippen molar-refractivity contribution in [3.63, 3.8) is 0 Å². The molecule has 0 bridgehead atoms. The van der Waals surface area contributed by atoms with Crippen LogP contribution in [0.2, 0.25) is 0 Å². The molecule has 4 aromatic rings. The average Bonchev–Trinajstić information content (AvgIpc) is 3.73. The molecule has 11 nitrogen and oxygen atoms in total. The summed E-state index contributed by atoms with van der Waals surface area (Å²) in [5, 5.41) is 15.3. The number of dihydropyridines is 1. The second-order valence-electron chi connectivity index (χ2n) is 10.1. The number of imidazole rings is 1. The third kappa shape index (κ3) is 7.31. The Balaban J connectivity index is 1.32. The van der Waals surface area contributed by atoms with E-state index in [-0.39, 0.29) is 17.4 Å². The van der Waals surface area contributed by atoms with Crippen molar-refractivity contribution in [1.82, 2.24) is 30.6 Å². The van der Waals surface area contributed by atoms with Crippen molar-refractivity contribution in [3.8, 4) is 17.0 Å². The molecule has 1 atom stereocenters. The van der Waals surface area contributed by atoms with Gasteiger partial charge < -0.3 is 24.8 Å². The lowest BCUT2D eigenvalue weighted by atomic mass is 10.0. The van der Waals surface area contributed by atoms with Gasteiger partial charge in [0.2, 0.25) is 5.78 Å². The normalized spacial score (nSPS) is 14.0. The molecule has 11 heteroatoms. The fourth-order valence-corrected chi connectivity index (χ4v) is 4.79. The molecule has 0 saturated carbocycles. The van der Waals surface area contributed by atoms with Gasteiger partial charge in [0.1, 0.15) is 23.5 Å². The topological polar surface area (TPSA) is 159 Å². The molecule has 0 unspecified atom stereocenters. The maximum absolute atomic E-state index is 13.1. The summed E-state index contributed by atoms with van der Waals surface area (Å²) in [6.45, 7) is 1.94. The molecule has 1 aliphatic heterocycles. The lowest BCUT2D eigenvalue weighted by Gasteiger charge is -2.17. The highest BCUT2D eigenvalue weighted by Gasteiger charge is 2.21. The number of fused-ring (bicyclic) bond motifs is 1. The van der Waals surface area contributed by atoms with E-state index in [1.807, 2.05) is 43.3 Å². The van der Waals surface area contributed by atoms with E-state index in [0.29, 0.717) is 43.0 Å². The first-order valence-corrected chi connectivity index (χ1v) is 14.1. The molecule has 0 spiro atoms. The first kappa shape index (κ1) is 29.2. The summed E-state index contributed by atoms with van der Waals surface area (Å²) in [6, 6.07) is 7.37. The summed E-state index contributed by atoms with van der Waals surface area (Å²) in [5.74, 6) is 0.662. The van der Waals surface area contributed by atoms with Crippen LogP contribution in [0, 0.1) is 12.3 Å². The van der Waals surface area contributed by atoms with Gasteiger partial charge in [-0.05, 0) is 50.1 Å². The number of ether oxygens (including phenoxy) is 1. The number of carbonyl (C=O) groups excluding carboxylic acids is 2. The van der Waals surface area contributed by atoms with Gasteiger partial charge in [-0.2, -0.15) is 0 Å². The second kappa shape index (κ2) is 13.6. The Bertz CT molecular complexity index is 1720. The molecule has 4 N–H and O–H groups in total. The third-order valence-corrected chi connectivity index (χ3v) is 7.02. The number of amides is 1. The van der Waals surface area contributed by atoms with Gasteiger partial charge in [-0.25, -0.2) is 9.97 Å². The molecule has 1 aromatic carbocycles. The number of carbonyl (C=O) groups is 2. The van der Waals surface area contributed by atoms with Crippen LogP contribution in [0.1, 0.15) is 60.3 Å². The summed E-state index contributed by atoms with van der Waals surface area (Å²) >= 11 is 0. The quantitative estimate of drug-likeness (QED) is 0.0918. The van der Waals surface area contributed by atoms with Gasteiger partial charge in [-0.15, -0.1) is 0 Å². The highest BCUT2D eigenvalue weighted by atomic mass is 16.5. The number of nitrogens with zero attached hydrogens (tertiary/aromatic N) is 3. The fourth-order valence-electron chi connectivity index (χ4n) is 4.79. The van der Waals surface area contributed by atoms with Crippen molar-refractivity contribution in [1.29, 1.82) is 5.41 Å². The van der Waals surface area contributed by atoms with E-state index in [1.165, 1.54) is 18.5 Å². The number of allylic oxidation sites excluding steroid dienone is 3. The number of unbranched alkanes of at least 4 members (excludes halogenated alkanes) is 2. The first-order valence-electron chi connectivity index (χ1n) is 14.1.